The number of halogens is 1. The maximum atomic E-state index is 13.3. The number of phenols is 1. The van der Waals surface area contributed by atoms with Gasteiger partial charge < -0.3 is 15.2 Å². The van der Waals surface area contributed by atoms with Crippen molar-refractivity contribution in [3.05, 3.63) is 53.3 Å². The van der Waals surface area contributed by atoms with Crippen LogP contribution in [-0.2, 0) is 0 Å². The number of methoxy groups -OCH3 is 1. The standard InChI is InChI=1S/C15H14FNO3/c1-9-3-5-11(8-13(9)18)17-15(19)10-4-6-12(16)14(7-10)20-2/h3-8,18H,1-2H3,(H,17,19). The summed E-state index contributed by atoms with van der Waals surface area (Å²) in [4.78, 5) is 12.0. The zero-order valence-electron chi connectivity index (χ0n) is 11.1. The van der Waals surface area contributed by atoms with Gasteiger partial charge in [0.1, 0.15) is 5.75 Å². The highest BCUT2D eigenvalue weighted by atomic mass is 19.1. The lowest BCUT2D eigenvalue weighted by molar-refractivity contribution is 0.102. The molecule has 2 rings (SSSR count). The van der Waals surface area contributed by atoms with E-state index in [4.69, 9.17) is 4.74 Å². The van der Waals surface area contributed by atoms with Crippen LogP contribution >= 0.6 is 0 Å². The van der Waals surface area contributed by atoms with Crippen LogP contribution in [0.5, 0.6) is 11.5 Å². The maximum absolute atomic E-state index is 13.3. The van der Waals surface area contributed by atoms with E-state index in [1.165, 1.54) is 31.4 Å². The first kappa shape index (κ1) is 13.9. The molecule has 0 bridgehead atoms. The van der Waals surface area contributed by atoms with Crippen LogP contribution in [0.4, 0.5) is 10.1 Å². The second-order valence-electron chi connectivity index (χ2n) is 4.30. The number of hydrogen-bond donors (Lipinski definition) is 2. The molecule has 0 aromatic heterocycles. The lowest BCUT2D eigenvalue weighted by atomic mass is 10.1. The normalized spacial score (nSPS) is 10.2. The van der Waals surface area contributed by atoms with Crippen molar-refractivity contribution in [1.29, 1.82) is 0 Å². The number of nitrogens with one attached hydrogen (secondary N) is 1. The Labute approximate surface area is 115 Å². The number of rotatable bonds is 3. The summed E-state index contributed by atoms with van der Waals surface area (Å²) in [5, 5.41) is 12.2. The van der Waals surface area contributed by atoms with Gasteiger partial charge in [-0.05, 0) is 36.8 Å². The number of ether oxygens (including phenoxy) is 1. The van der Waals surface area contributed by atoms with Crippen LogP contribution in [-0.4, -0.2) is 18.1 Å². The van der Waals surface area contributed by atoms with Crippen LogP contribution in [0.1, 0.15) is 15.9 Å². The predicted octanol–water partition coefficient (Wildman–Crippen LogP) is 3.10. The van der Waals surface area contributed by atoms with Gasteiger partial charge in [0.25, 0.3) is 5.91 Å². The molecule has 0 heterocycles. The maximum Gasteiger partial charge on any atom is 0.255 e. The predicted molar refractivity (Wildman–Crippen MR) is 73.7 cm³/mol. The van der Waals surface area contributed by atoms with Crippen molar-refractivity contribution in [1.82, 2.24) is 0 Å². The topological polar surface area (TPSA) is 58.6 Å². The molecule has 0 fully saturated rings. The van der Waals surface area contributed by atoms with E-state index in [2.05, 4.69) is 5.32 Å². The van der Waals surface area contributed by atoms with Gasteiger partial charge >= 0.3 is 0 Å². The molecule has 0 radical (unpaired) electrons. The number of phenolic OH excluding ortho intramolecular Hbond substituents is 1. The Bertz CT molecular complexity index is 656. The van der Waals surface area contributed by atoms with Crippen molar-refractivity contribution in [2.24, 2.45) is 0 Å². The van der Waals surface area contributed by atoms with E-state index in [1.807, 2.05) is 0 Å². The molecule has 0 aliphatic heterocycles. The van der Waals surface area contributed by atoms with Crippen molar-refractivity contribution < 1.29 is 19.0 Å². The summed E-state index contributed by atoms with van der Waals surface area (Å²) in [5.41, 5.74) is 1.44. The molecular weight excluding hydrogens is 261 g/mol. The summed E-state index contributed by atoms with van der Waals surface area (Å²) in [6.45, 7) is 1.76. The van der Waals surface area contributed by atoms with E-state index < -0.39 is 11.7 Å². The van der Waals surface area contributed by atoms with Crippen LogP contribution in [0.15, 0.2) is 36.4 Å². The molecule has 0 spiro atoms. The first-order chi connectivity index (χ1) is 9.51. The molecule has 0 atom stereocenters. The molecule has 0 saturated heterocycles. The highest BCUT2D eigenvalue weighted by molar-refractivity contribution is 6.04. The first-order valence-electron chi connectivity index (χ1n) is 5.96. The van der Waals surface area contributed by atoms with Gasteiger partial charge in [-0.2, -0.15) is 0 Å². The number of carbonyl (C=O) groups is 1. The van der Waals surface area contributed by atoms with Gasteiger partial charge in [-0.1, -0.05) is 6.07 Å². The molecule has 2 aromatic carbocycles. The van der Waals surface area contributed by atoms with Crippen LogP contribution < -0.4 is 10.1 Å². The summed E-state index contributed by atoms with van der Waals surface area (Å²) in [6, 6.07) is 8.66. The van der Waals surface area contributed by atoms with Crippen molar-refractivity contribution in [2.45, 2.75) is 6.92 Å². The molecule has 104 valence electrons. The van der Waals surface area contributed by atoms with Gasteiger partial charge in [-0.25, -0.2) is 4.39 Å². The minimum Gasteiger partial charge on any atom is -0.508 e. The van der Waals surface area contributed by atoms with E-state index in [0.717, 1.165) is 0 Å². The number of aryl methyl sites for hydroxylation is 1. The SMILES string of the molecule is COc1cc(C(=O)Nc2ccc(C)c(O)c2)ccc1F. The molecule has 1 amide bonds. The Morgan fingerprint density at radius 1 is 1.25 bits per heavy atom. The third-order valence-electron chi connectivity index (χ3n) is 2.88. The quantitative estimate of drug-likeness (QED) is 0.905. The Kier molecular flexibility index (Phi) is 3.89. The second-order valence-corrected chi connectivity index (χ2v) is 4.30. The highest BCUT2D eigenvalue weighted by Crippen LogP contribution is 2.22. The number of anilines is 1. The molecule has 0 saturated carbocycles. The van der Waals surface area contributed by atoms with Crippen molar-refractivity contribution in [2.75, 3.05) is 12.4 Å². The fraction of sp³-hybridized carbons (Fsp3) is 0.133. The minimum absolute atomic E-state index is 0.00408. The fourth-order valence-corrected chi connectivity index (χ4v) is 1.69. The van der Waals surface area contributed by atoms with Crippen LogP contribution in [0, 0.1) is 12.7 Å². The summed E-state index contributed by atoms with van der Waals surface area (Å²) < 4.78 is 18.1. The average molecular weight is 275 g/mol. The fourth-order valence-electron chi connectivity index (χ4n) is 1.69. The van der Waals surface area contributed by atoms with E-state index in [1.54, 1.807) is 19.1 Å². The number of benzene rings is 2. The molecule has 2 aromatic rings. The molecule has 2 N–H and O–H groups in total. The van der Waals surface area contributed by atoms with Crippen LogP contribution in [0.2, 0.25) is 0 Å². The third kappa shape index (κ3) is 2.88. The van der Waals surface area contributed by atoms with E-state index in [-0.39, 0.29) is 17.1 Å². The van der Waals surface area contributed by atoms with Gasteiger partial charge in [0.15, 0.2) is 11.6 Å². The smallest absolute Gasteiger partial charge is 0.255 e. The molecule has 5 heteroatoms. The highest BCUT2D eigenvalue weighted by Gasteiger charge is 2.11. The third-order valence-corrected chi connectivity index (χ3v) is 2.88. The van der Waals surface area contributed by atoms with Gasteiger partial charge in [-0.15, -0.1) is 0 Å². The van der Waals surface area contributed by atoms with Gasteiger partial charge in [0.05, 0.1) is 7.11 Å². The van der Waals surface area contributed by atoms with Crippen molar-refractivity contribution in [3.8, 4) is 11.5 Å². The van der Waals surface area contributed by atoms with E-state index >= 15 is 0 Å². The number of aromatic hydroxyl groups is 1. The largest absolute Gasteiger partial charge is 0.508 e. The van der Waals surface area contributed by atoms with Crippen LogP contribution in [0.25, 0.3) is 0 Å². The van der Waals surface area contributed by atoms with Gasteiger partial charge in [0, 0.05) is 17.3 Å². The Morgan fingerprint density at radius 3 is 2.65 bits per heavy atom. The molecule has 0 aliphatic carbocycles. The zero-order valence-corrected chi connectivity index (χ0v) is 11.1. The summed E-state index contributed by atoms with van der Waals surface area (Å²) in [5.74, 6) is -0.840. The number of hydrogen-bond acceptors (Lipinski definition) is 3. The molecule has 20 heavy (non-hydrogen) atoms. The zero-order chi connectivity index (χ0) is 14.7. The lowest BCUT2D eigenvalue weighted by Gasteiger charge is -2.08. The molecule has 0 unspecified atom stereocenters. The summed E-state index contributed by atoms with van der Waals surface area (Å²) in [6.07, 6.45) is 0. The number of carbonyl (C=O) groups excluding carboxylic acids is 1. The van der Waals surface area contributed by atoms with Gasteiger partial charge in [-0.3, -0.25) is 4.79 Å². The van der Waals surface area contributed by atoms with Gasteiger partial charge in [0.2, 0.25) is 0 Å². The molecule has 0 aliphatic rings. The van der Waals surface area contributed by atoms with E-state index in [0.29, 0.717) is 11.3 Å². The number of amides is 1. The second kappa shape index (κ2) is 5.61. The van der Waals surface area contributed by atoms with E-state index in [9.17, 15) is 14.3 Å². The minimum atomic E-state index is -0.531. The van der Waals surface area contributed by atoms with Crippen molar-refractivity contribution >= 4 is 11.6 Å². The first-order valence-corrected chi connectivity index (χ1v) is 5.96. The summed E-state index contributed by atoms with van der Waals surface area (Å²) >= 11 is 0. The average Bonchev–Trinajstić information content (AvgIpc) is 2.43. The Hall–Kier alpha value is -2.56. The Morgan fingerprint density at radius 2 is 2.00 bits per heavy atom. The summed E-state index contributed by atoms with van der Waals surface area (Å²) in [7, 11) is 1.33. The lowest BCUT2D eigenvalue weighted by Crippen LogP contribution is -2.12. The molecule has 4 nitrogen and oxygen atoms in total. The Balaban J connectivity index is 2.21. The van der Waals surface area contributed by atoms with Crippen molar-refractivity contribution in [3.63, 3.8) is 0 Å². The monoisotopic (exact) mass is 275 g/mol. The molecular formula is C15H14FNO3. The van der Waals surface area contributed by atoms with Crippen LogP contribution in [0.3, 0.4) is 0 Å².